The van der Waals surface area contributed by atoms with E-state index in [1.165, 1.54) is 25.7 Å². The number of nitrogens with one attached hydrogen (secondary N) is 2. The molecule has 1 aliphatic carbocycles. The Morgan fingerprint density at radius 1 is 1.31 bits per heavy atom. The third-order valence-electron chi connectivity index (χ3n) is 5.68. The number of aromatic nitrogens is 3. The van der Waals surface area contributed by atoms with Crippen molar-refractivity contribution >= 4 is 5.91 Å². The second kappa shape index (κ2) is 7.19. The van der Waals surface area contributed by atoms with Crippen molar-refractivity contribution < 1.29 is 4.79 Å². The Morgan fingerprint density at radius 2 is 2.15 bits per heavy atom. The Balaban J connectivity index is 1.33. The lowest BCUT2D eigenvalue weighted by Crippen LogP contribution is -2.42. The molecular formula is C20H27N5O. The summed E-state index contributed by atoms with van der Waals surface area (Å²) in [6.45, 7) is 4.50. The molecule has 6 heteroatoms. The summed E-state index contributed by atoms with van der Waals surface area (Å²) in [4.78, 5) is 17.0. The van der Waals surface area contributed by atoms with Gasteiger partial charge in [-0.1, -0.05) is 18.9 Å². The molecule has 1 saturated heterocycles. The Labute approximate surface area is 154 Å². The maximum atomic E-state index is 12.5. The van der Waals surface area contributed by atoms with Crippen LogP contribution in [0.2, 0.25) is 0 Å². The maximum Gasteiger partial charge on any atom is 0.237 e. The lowest BCUT2D eigenvalue weighted by atomic mass is 9.85. The summed E-state index contributed by atoms with van der Waals surface area (Å²) in [5, 5.41) is 11.0. The summed E-state index contributed by atoms with van der Waals surface area (Å²) >= 11 is 0. The highest BCUT2D eigenvalue weighted by Crippen LogP contribution is 2.33. The minimum absolute atomic E-state index is 0.0370. The molecule has 26 heavy (non-hydrogen) atoms. The first-order chi connectivity index (χ1) is 12.6. The number of nitrogens with zero attached hydrogens (tertiary/aromatic N) is 3. The zero-order valence-corrected chi connectivity index (χ0v) is 15.5. The van der Waals surface area contributed by atoms with Gasteiger partial charge in [0.25, 0.3) is 0 Å². The van der Waals surface area contributed by atoms with Crippen LogP contribution in [0.5, 0.6) is 0 Å². The quantitative estimate of drug-likeness (QED) is 0.885. The Morgan fingerprint density at radius 3 is 2.85 bits per heavy atom. The van der Waals surface area contributed by atoms with E-state index in [1.807, 2.05) is 42.9 Å². The van der Waals surface area contributed by atoms with E-state index < -0.39 is 0 Å². The highest BCUT2D eigenvalue weighted by atomic mass is 16.2. The molecule has 1 aliphatic heterocycles. The molecule has 3 heterocycles. The normalized spacial score (nSPS) is 25.1. The number of pyridine rings is 1. The molecule has 2 aromatic heterocycles. The minimum atomic E-state index is -0.0370. The van der Waals surface area contributed by atoms with E-state index in [2.05, 4.69) is 20.7 Å². The van der Waals surface area contributed by atoms with Crippen LogP contribution in [0.4, 0.5) is 0 Å². The lowest BCUT2D eigenvalue weighted by molar-refractivity contribution is -0.123. The van der Waals surface area contributed by atoms with Gasteiger partial charge in [-0.2, -0.15) is 5.10 Å². The molecule has 0 radical (unpaired) electrons. The topological polar surface area (TPSA) is 71.8 Å². The van der Waals surface area contributed by atoms with Crippen LogP contribution in [0.1, 0.15) is 49.1 Å². The summed E-state index contributed by atoms with van der Waals surface area (Å²) in [5.41, 5.74) is 3.04. The fourth-order valence-corrected chi connectivity index (χ4v) is 4.34. The molecule has 1 amide bonds. The van der Waals surface area contributed by atoms with Gasteiger partial charge in [-0.05, 0) is 56.7 Å². The van der Waals surface area contributed by atoms with Crippen LogP contribution in [-0.2, 0) is 11.3 Å². The first kappa shape index (κ1) is 17.2. The molecule has 4 rings (SSSR count). The molecule has 2 fully saturated rings. The molecular weight excluding hydrogens is 326 g/mol. The van der Waals surface area contributed by atoms with Crippen molar-refractivity contribution in [3.05, 3.63) is 41.3 Å². The minimum Gasteiger partial charge on any atom is -0.351 e. The zero-order chi connectivity index (χ0) is 18.1. The van der Waals surface area contributed by atoms with Crippen LogP contribution in [0.25, 0.3) is 5.82 Å². The van der Waals surface area contributed by atoms with Gasteiger partial charge in [0.05, 0.1) is 11.7 Å². The molecule has 138 valence electrons. The van der Waals surface area contributed by atoms with Crippen molar-refractivity contribution in [2.24, 2.45) is 5.92 Å². The largest absolute Gasteiger partial charge is 0.351 e. The van der Waals surface area contributed by atoms with Crippen LogP contribution in [0, 0.1) is 19.8 Å². The smallest absolute Gasteiger partial charge is 0.237 e. The first-order valence-electron chi connectivity index (χ1n) is 9.62. The van der Waals surface area contributed by atoms with Gasteiger partial charge in [0, 0.05) is 24.5 Å². The summed E-state index contributed by atoms with van der Waals surface area (Å²) in [6.07, 6.45) is 7.87. The monoisotopic (exact) mass is 353 g/mol. The number of carbonyl (C=O) groups is 1. The van der Waals surface area contributed by atoms with E-state index in [0.29, 0.717) is 18.5 Å². The third-order valence-corrected chi connectivity index (χ3v) is 5.68. The van der Waals surface area contributed by atoms with Gasteiger partial charge in [0.1, 0.15) is 0 Å². The molecule has 2 N–H and O–H groups in total. The van der Waals surface area contributed by atoms with Gasteiger partial charge >= 0.3 is 0 Å². The van der Waals surface area contributed by atoms with Crippen LogP contribution in [0.3, 0.4) is 0 Å². The maximum absolute atomic E-state index is 12.5. The predicted octanol–water partition coefficient (Wildman–Crippen LogP) is 2.42. The van der Waals surface area contributed by atoms with Gasteiger partial charge in [0.2, 0.25) is 5.91 Å². The van der Waals surface area contributed by atoms with Crippen molar-refractivity contribution in [2.75, 3.05) is 0 Å². The lowest BCUT2D eigenvalue weighted by Gasteiger charge is -2.24. The molecule has 1 saturated carbocycles. The van der Waals surface area contributed by atoms with Gasteiger partial charge in [-0.15, -0.1) is 0 Å². The van der Waals surface area contributed by atoms with Gasteiger partial charge in [-0.3, -0.25) is 4.79 Å². The Kier molecular flexibility index (Phi) is 4.76. The molecule has 0 spiro atoms. The SMILES string of the molecule is Cc1cc(C)n(-c2ccc(CNC(=O)C3CC4CCCCC4N3)cn2)n1. The van der Waals surface area contributed by atoms with E-state index in [4.69, 9.17) is 0 Å². The number of hydrogen-bond acceptors (Lipinski definition) is 4. The van der Waals surface area contributed by atoms with Gasteiger partial charge in [-0.25, -0.2) is 9.67 Å². The summed E-state index contributed by atoms with van der Waals surface area (Å²) in [5.74, 6) is 1.59. The number of fused-ring (bicyclic) bond motifs is 1. The second-order valence-corrected chi connectivity index (χ2v) is 7.69. The highest BCUT2D eigenvalue weighted by Gasteiger charge is 2.37. The molecule has 0 bridgehead atoms. The second-order valence-electron chi connectivity index (χ2n) is 7.69. The van der Waals surface area contributed by atoms with Gasteiger partial charge in [0.15, 0.2) is 5.82 Å². The number of rotatable bonds is 4. The average Bonchev–Trinajstić information content (AvgIpc) is 3.23. The fourth-order valence-electron chi connectivity index (χ4n) is 4.34. The number of amides is 1. The third kappa shape index (κ3) is 3.51. The van der Waals surface area contributed by atoms with E-state index in [-0.39, 0.29) is 11.9 Å². The number of aryl methyl sites for hydroxylation is 2. The average molecular weight is 353 g/mol. The van der Waals surface area contributed by atoms with Crippen molar-refractivity contribution in [1.82, 2.24) is 25.4 Å². The van der Waals surface area contributed by atoms with Crippen molar-refractivity contribution in [3.63, 3.8) is 0 Å². The first-order valence-corrected chi connectivity index (χ1v) is 9.62. The summed E-state index contributed by atoms with van der Waals surface area (Å²) < 4.78 is 1.84. The molecule has 2 aromatic rings. The Bertz CT molecular complexity index is 768. The van der Waals surface area contributed by atoms with E-state index in [0.717, 1.165) is 29.2 Å². The van der Waals surface area contributed by atoms with E-state index in [1.54, 1.807) is 0 Å². The summed E-state index contributed by atoms with van der Waals surface area (Å²) in [7, 11) is 0. The molecule has 3 atom stereocenters. The van der Waals surface area contributed by atoms with Crippen molar-refractivity contribution in [3.8, 4) is 5.82 Å². The predicted molar refractivity (Wildman–Crippen MR) is 100.0 cm³/mol. The standard InChI is InChI=1S/C20H27N5O/c1-13-9-14(2)25(24-13)19-8-7-15(11-21-19)12-22-20(26)18-10-16-5-3-4-6-17(16)23-18/h7-9,11,16-18,23H,3-6,10,12H2,1-2H3,(H,22,26). The van der Waals surface area contributed by atoms with E-state index >= 15 is 0 Å². The van der Waals surface area contributed by atoms with Crippen LogP contribution in [0.15, 0.2) is 24.4 Å². The van der Waals surface area contributed by atoms with Crippen LogP contribution >= 0.6 is 0 Å². The molecule has 0 aromatic carbocycles. The molecule has 3 unspecified atom stereocenters. The Hall–Kier alpha value is -2.21. The summed E-state index contributed by atoms with van der Waals surface area (Å²) in [6, 6.07) is 6.48. The van der Waals surface area contributed by atoms with Gasteiger partial charge < -0.3 is 10.6 Å². The number of hydrogen-bond donors (Lipinski definition) is 2. The van der Waals surface area contributed by atoms with Crippen LogP contribution < -0.4 is 10.6 Å². The van der Waals surface area contributed by atoms with E-state index in [9.17, 15) is 4.79 Å². The highest BCUT2D eigenvalue weighted by molar-refractivity contribution is 5.82. The zero-order valence-electron chi connectivity index (χ0n) is 15.5. The fraction of sp³-hybridized carbons (Fsp3) is 0.550. The number of carbonyl (C=O) groups excluding carboxylic acids is 1. The molecule has 2 aliphatic rings. The van der Waals surface area contributed by atoms with Crippen molar-refractivity contribution in [1.29, 1.82) is 0 Å². The van der Waals surface area contributed by atoms with Crippen LogP contribution in [-0.4, -0.2) is 32.8 Å². The molecule has 6 nitrogen and oxygen atoms in total. The van der Waals surface area contributed by atoms with Crippen molar-refractivity contribution in [2.45, 2.75) is 64.6 Å².